The minimum Gasteiger partial charge on any atom is -0.325 e. The van der Waals surface area contributed by atoms with Gasteiger partial charge in [0.05, 0.1) is 18.3 Å². The largest absolute Gasteiger partial charge is 0.340 e. The number of hydrogen-bond donors (Lipinski definition) is 1. The Balaban J connectivity index is 2.65. The summed E-state index contributed by atoms with van der Waals surface area (Å²) in [5.74, 6) is -0.235. The summed E-state index contributed by atoms with van der Waals surface area (Å²) >= 11 is 0. The van der Waals surface area contributed by atoms with Crippen LogP contribution in [0.3, 0.4) is 0 Å². The van der Waals surface area contributed by atoms with Gasteiger partial charge in [0, 0.05) is 25.0 Å². The van der Waals surface area contributed by atoms with E-state index in [2.05, 4.69) is 4.98 Å². The van der Waals surface area contributed by atoms with Crippen LogP contribution in [0.25, 0.3) is 0 Å². The first-order valence-electron chi connectivity index (χ1n) is 10.9. The lowest BCUT2D eigenvalue weighted by Gasteiger charge is -2.28. The van der Waals surface area contributed by atoms with Gasteiger partial charge in [-0.25, -0.2) is 4.79 Å². The van der Waals surface area contributed by atoms with Crippen molar-refractivity contribution in [3.8, 4) is 0 Å². The molecule has 0 spiro atoms. The monoisotopic (exact) mass is 480 g/mol. The Morgan fingerprint density at radius 1 is 0.871 bits per heavy atom. The van der Waals surface area contributed by atoms with Gasteiger partial charge in [-0.05, 0) is 54.4 Å². The zero-order valence-corrected chi connectivity index (χ0v) is 21.3. The lowest BCUT2D eigenvalue weighted by molar-refractivity contribution is 0.144. The van der Waals surface area contributed by atoms with Crippen molar-refractivity contribution in [2.45, 2.75) is 92.1 Å². The van der Waals surface area contributed by atoms with Crippen LogP contribution in [0.2, 0.25) is 0 Å². The Morgan fingerprint density at radius 2 is 1.42 bits per heavy atom. The Kier molecular flexibility index (Phi) is 11.7. The van der Waals surface area contributed by atoms with Crippen molar-refractivity contribution in [2.24, 2.45) is 0 Å². The molecule has 0 aliphatic heterocycles. The van der Waals surface area contributed by atoms with Crippen LogP contribution in [0.15, 0.2) is 21.9 Å². The topological polar surface area (TPSA) is 117 Å². The molecule has 31 heavy (non-hydrogen) atoms. The zero-order chi connectivity index (χ0) is 23.7. The Labute approximate surface area is 184 Å². The molecule has 1 N–H and O–H groups in total. The molecule has 11 heteroatoms. The summed E-state index contributed by atoms with van der Waals surface area (Å²) in [5, 5.41) is 0. The van der Waals surface area contributed by atoms with Crippen LogP contribution in [-0.2, 0) is 29.2 Å². The van der Waals surface area contributed by atoms with Crippen molar-refractivity contribution >= 4 is 15.0 Å². The summed E-state index contributed by atoms with van der Waals surface area (Å²) in [5.41, 5.74) is -0.837. The first-order valence-corrected chi connectivity index (χ1v) is 14.6. The molecular formula is C20H38N2O7P2. The third kappa shape index (κ3) is 11.4. The number of aromatic nitrogens is 2. The number of nitrogens with zero attached hydrogens (tertiary/aromatic N) is 1. The highest BCUT2D eigenvalue weighted by molar-refractivity contribution is 7.74. The van der Waals surface area contributed by atoms with Gasteiger partial charge in [0.2, 0.25) is 7.37 Å². The maximum atomic E-state index is 13.5. The van der Waals surface area contributed by atoms with Crippen LogP contribution in [0.1, 0.15) is 67.2 Å². The molecule has 0 amide bonds. The third-order valence-corrected chi connectivity index (χ3v) is 10.5. The van der Waals surface area contributed by atoms with E-state index in [4.69, 9.17) is 13.6 Å². The standard InChI is InChI=1S/C20H38N2O7P2/c1-16(2)27-30(25,15-31(26,28-17(3)4)29-18(5)6)14-10-8-7-9-12-22-13-11-19(23)21-20(22)24/h11,13,16-18H,7-10,12,14-15H2,1-6H3,(H,21,23,24). The molecule has 1 unspecified atom stereocenters. The highest BCUT2D eigenvalue weighted by atomic mass is 31.2. The number of aromatic amines is 1. The van der Waals surface area contributed by atoms with Gasteiger partial charge in [0.15, 0.2) is 0 Å². The lowest BCUT2D eigenvalue weighted by atomic mass is 10.2. The van der Waals surface area contributed by atoms with Crippen LogP contribution in [-0.4, -0.2) is 39.9 Å². The lowest BCUT2D eigenvalue weighted by Crippen LogP contribution is -2.28. The van der Waals surface area contributed by atoms with Crippen LogP contribution in [0.5, 0.6) is 0 Å². The van der Waals surface area contributed by atoms with Gasteiger partial charge in [-0.1, -0.05) is 12.8 Å². The maximum absolute atomic E-state index is 13.5. The first kappa shape index (κ1) is 28.1. The fraction of sp³-hybridized carbons (Fsp3) is 0.800. The molecule has 1 rings (SSSR count). The van der Waals surface area contributed by atoms with Crippen LogP contribution < -0.4 is 11.2 Å². The van der Waals surface area contributed by atoms with Crippen molar-refractivity contribution < 1.29 is 22.7 Å². The molecule has 0 bridgehead atoms. The van der Waals surface area contributed by atoms with Gasteiger partial charge in [0.25, 0.3) is 5.56 Å². The fourth-order valence-corrected chi connectivity index (χ4v) is 9.54. The Bertz CT molecular complexity index is 863. The minimum atomic E-state index is -3.58. The van der Waals surface area contributed by atoms with Crippen molar-refractivity contribution in [1.82, 2.24) is 9.55 Å². The van der Waals surface area contributed by atoms with Crippen molar-refractivity contribution in [3.05, 3.63) is 33.1 Å². The molecule has 180 valence electrons. The average Bonchev–Trinajstić information content (AvgIpc) is 2.56. The number of aryl methyl sites for hydroxylation is 1. The van der Waals surface area contributed by atoms with Gasteiger partial charge in [-0.3, -0.25) is 18.9 Å². The molecule has 0 fully saturated rings. The summed E-state index contributed by atoms with van der Waals surface area (Å²) in [6.45, 7) is 11.1. The second kappa shape index (κ2) is 12.9. The van der Waals surface area contributed by atoms with Crippen molar-refractivity contribution in [2.75, 3.05) is 12.1 Å². The predicted molar refractivity (Wildman–Crippen MR) is 123 cm³/mol. The molecule has 1 atom stereocenters. The molecule has 9 nitrogen and oxygen atoms in total. The molecular weight excluding hydrogens is 442 g/mol. The number of nitrogens with one attached hydrogen (secondary N) is 1. The van der Waals surface area contributed by atoms with Gasteiger partial charge in [-0.2, -0.15) is 0 Å². The van der Waals surface area contributed by atoms with E-state index < -0.39 is 26.2 Å². The molecule has 1 aromatic heterocycles. The SMILES string of the molecule is CC(C)OP(=O)(CCCCCCn1ccc(=O)[nH]c1=O)CP(=O)(OC(C)C)OC(C)C. The number of unbranched alkanes of at least 4 members (excludes halogenated alkanes) is 3. The normalized spacial score (nSPS) is 14.5. The molecule has 0 aliphatic carbocycles. The van der Waals surface area contributed by atoms with E-state index in [1.54, 1.807) is 41.5 Å². The van der Waals surface area contributed by atoms with Gasteiger partial charge in [0.1, 0.15) is 5.90 Å². The van der Waals surface area contributed by atoms with E-state index in [1.807, 2.05) is 0 Å². The molecule has 1 heterocycles. The zero-order valence-electron chi connectivity index (χ0n) is 19.5. The highest BCUT2D eigenvalue weighted by Gasteiger charge is 2.39. The first-order chi connectivity index (χ1) is 14.3. The van der Waals surface area contributed by atoms with Gasteiger partial charge >= 0.3 is 13.3 Å². The van der Waals surface area contributed by atoms with Gasteiger partial charge < -0.3 is 18.1 Å². The predicted octanol–water partition coefficient (Wildman–Crippen LogP) is 4.80. The van der Waals surface area contributed by atoms with Crippen molar-refractivity contribution in [3.63, 3.8) is 0 Å². The van der Waals surface area contributed by atoms with Crippen LogP contribution >= 0.6 is 15.0 Å². The van der Waals surface area contributed by atoms with E-state index in [1.165, 1.54) is 16.8 Å². The third-order valence-electron chi connectivity index (χ3n) is 4.08. The summed E-state index contributed by atoms with van der Waals surface area (Å²) in [6, 6.07) is 1.32. The van der Waals surface area contributed by atoms with Crippen molar-refractivity contribution in [1.29, 1.82) is 0 Å². The Hall–Kier alpha value is -0.980. The fourth-order valence-electron chi connectivity index (χ4n) is 3.15. The molecule has 1 aromatic rings. The minimum absolute atomic E-state index is 0.235. The summed E-state index contributed by atoms with van der Waals surface area (Å²) in [6.07, 6.45) is 3.82. The van der Waals surface area contributed by atoms with E-state index in [9.17, 15) is 18.7 Å². The summed E-state index contributed by atoms with van der Waals surface area (Å²) in [4.78, 5) is 25.0. The second-order valence-corrected chi connectivity index (χ2v) is 13.5. The van der Waals surface area contributed by atoms with E-state index in [0.29, 0.717) is 13.0 Å². The number of rotatable bonds is 15. The summed E-state index contributed by atoms with van der Waals surface area (Å²) < 4.78 is 45.0. The van der Waals surface area contributed by atoms with E-state index >= 15 is 0 Å². The maximum Gasteiger partial charge on any atom is 0.340 e. The number of H-pyrrole nitrogens is 1. The molecule has 0 aromatic carbocycles. The smallest absolute Gasteiger partial charge is 0.325 e. The summed E-state index contributed by atoms with van der Waals surface area (Å²) in [7, 11) is -6.81. The molecule has 0 saturated carbocycles. The number of hydrogen-bond acceptors (Lipinski definition) is 7. The van der Waals surface area contributed by atoms with Crippen LogP contribution in [0, 0.1) is 0 Å². The average molecular weight is 480 g/mol. The second-order valence-electron chi connectivity index (χ2n) is 8.47. The molecule has 0 aliphatic rings. The van der Waals surface area contributed by atoms with Gasteiger partial charge in [-0.15, -0.1) is 0 Å². The Morgan fingerprint density at radius 3 is 1.94 bits per heavy atom. The highest BCUT2D eigenvalue weighted by Crippen LogP contribution is 2.65. The quantitative estimate of drug-likeness (QED) is 0.283. The van der Waals surface area contributed by atoms with E-state index in [0.717, 1.165) is 19.3 Å². The van der Waals surface area contributed by atoms with E-state index in [-0.39, 0.29) is 30.4 Å². The molecule has 0 saturated heterocycles. The van der Waals surface area contributed by atoms with Crippen LogP contribution in [0.4, 0.5) is 0 Å². The molecule has 0 radical (unpaired) electrons.